The van der Waals surface area contributed by atoms with Crippen molar-refractivity contribution in [1.82, 2.24) is 4.90 Å². The molecule has 0 bridgehead atoms. The molecule has 2 aliphatic heterocycles. The summed E-state index contributed by atoms with van der Waals surface area (Å²) in [5, 5.41) is 10.8. The number of aliphatic hydroxyl groups is 1. The number of likely N-dealkylation sites (tertiary alicyclic amines) is 1. The standard InChI is InChI=1S/C25H32N6O2S/c1-3-4-23(22-18-28-13-14-29-22)34-30-21-7-5-19(6-8-21)24(32)31-15-10-25(33,11-16-31)17-20(26)9-12-27-2/h3-9,12-14,30,33H,10-11,15-18,26H2,1-2H3/b4-3-,20-9?,23-22-,27-12?. The third-order valence-corrected chi connectivity index (χ3v) is 6.54. The molecule has 9 heteroatoms. The van der Waals surface area contributed by atoms with E-state index in [0.717, 1.165) is 16.3 Å². The number of nitrogens with zero attached hydrogens (tertiary/aromatic N) is 4. The molecule has 2 aliphatic rings. The summed E-state index contributed by atoms with van der Waals surface area (Å²) >= 11 is 1.47. The largest absolute Gasteiger partial charge is 0.402 e. The van der Waals surface area contributed by atoms with Gasteiger partial charge in [0.1, 0.15) is 0 Å². The Labute approximate surface area is 205 Å². The number of nitrogens with one attached hydrogen (secondary N) is 1. The van der Waals surface area contributed by atoms with Crippen LogP contribution in [-0.4, -0.2) is 66.8 Å². The predicted octanol–water partition coefficient (Wildman–Crippen LogP) is 3.59. The number of piperidine rings is 1. The second-order valence-corrected chi connectivity index (χ2v) is 9.05. The van der Waals surface area contributed by atoms with Crippen LogP contribution in [0.2, 0.25) is 0 Å². The number of hydrogen-bond acceptors (Lipinski definition) is 8. The van der Waals surface area contributed by atoms with Crippen molar-refractivity contribution in [3.8, 4) is 0 Å². The average Bonchev–Trinajstić information content (AvgIpc) is 2.86. The fourth-order valence-electron chi connectivity index (χ4n) is 3.72. The van der Waals surface area contributed by atoms with E-state index in [1.165, 1.54) is 11.9 Å². The van der Waals surface area contributed by atoms with Crippen LogP contribution < -0.4 is 10.5 Å². The van der Waals surface area contributed by atoms with Crippen LogP contribution in [0.25, 0.3) is 0 Å². The molecule has 180 valence electrons. The topological polar surface area (TPSA) is 116 Å². The van der Waals surface area contributed by atoms with Crippen molar-refractivity contribution in [3.05, 3.63) is 64.4 Å². The Morgan fingerprint density at radius 1 is 1.29 bits per heavy atom. The highest BCUT2D eigenvalue weighted by Gasteiger charge is 2.34. The van der Waals surface area contributed by atoms with Crippen molar-refractivity contribution in [3.63, 3.8) is 0 Å². The number of carbonyl (C=O) groups excluding carboxylic acids is 1. The summed E-state index contributed by atoms with van der Waals surface area (Å²) < 4.78 is 3.31. The van der Waals surface area contributed by atoms with E-state index in [0.29, 0.717) is 50.2 Å². The number of amides is 1. The van der Waals surface area contributed by atoms with E-state index in [4.69, 9.17) is 5.73 Å². The zero-order valence-corrected chi connectivity index (χ0v) is 20.5. The third kappa shape index (κ3) is 7.16. The highest BCUT2D eigenvalue weighted by Crippen LogP contribution is 2.29. The first-order valence-electron chi connectivity index (χ1n) is 11.2. The van der Waals surface area contributed by atoms with Gasteiger partial charge in [-0.3, -0.25) is 19.8 Å². The van der Waals surface area contributed by atoms with Gasteiger partial charge in [-0.05, 0) is 68.1 Å². The molecular weight excluding hydrogens is 448 g/mol. The lowest BCUT2D eigenvalue weighted by molar-refractivity contribution is -0.0163. The summed E-state index contributed by atoms with van der Waals surface area (Å²) in [4.78, 5) is 28.3. The Bertz CT molecular complexity index is 1030. The van der Waals surface area contributed by atoms with Gasteiger partial charge in [0, 0.05) is 62.1 Å². The Balaban J connectivity index is 1.55. The summed E-state index contributed by atoms with van der Waals surface area (Å²) in [7, 11) is 1.67. The van der Waals surface area contributed by atoms with Crippen LogP contribution >= 0.6 is 11.9 Å². The summed E-state index contributed by atoms with van der Waals surface area (Å²) in [6, 6.07) is 7.42. The molecule has 0 aliphatic carbocycles. The Morgan fingerprint density at radius 3 is 2.65 bits per heavy atom. The zero-order chi connectivity index (χ0) is 24.4. The number of rotatable bonds is 8. The van der Waals surface area contributed by atoms with Gasteiger partial charge < -0.3 is 20.5 Å². The molecule has 2 heterocycles. The maximum absolute atomic E-state index is 13.0. The summed E-state index contributed by atoms with van der Waals surface area (Å²) in [6.45, 7) is 3.50. The molecule has 0 aromatic heterocycles. The van der Waals surface area contributed by atoms with Gasteiger partial charge in [-0.2, -0.15) is 0 Å². The van der Waals surface area contributed by atoms with Crippen LogP contribution in [0.3, 0.4) is 0 Å². The quantitative estimate of drug-likeness (QED) is 0.388. The van der Waals surface area contributed by atoms with Crippen molar-refractivity contribution >= 4 is 42.2 Å². The summed E-state index contributed by atoms with van der Waals surface area (Å²) in [6.07, 6.45) is 12.0. The molecule has 0 saturated carbocycles. The number of allylic oxidation sites excluding steroid dienone is 3. The van der Waals surface area contributed by atoms with Crippen LogP contribution in [0.15, 0.2) is 73.8 Å². The minimum absolute atomic E-state index is 0.0333. The Kier molecular flexibility index (Phi) is 9.24. The highest BCUT2D eigenvalue weighted by atomic mass is 32.2. The van der Waals surface area contributed by atoms with Crippen LogP contribution in [0, 0.1) is 0 Å². The van der Waals surface area contributed by atoms with E-state index in [2.05, 4.69) is 19.7 Å². The molecular formula is C25H32N6O2S. The molecule has 1 aromatic carbocycles. The van der Waals surface area contributed by atoms with Gasteiger partial charge in [0.15, 0.2) is 0 Å². The SMILES string of the molecule is C/C=C\C(SNc1ccc(C(=O)N2CCC(O)(CC(N)=CC=NC)CC2)cc1)=C1/CN=CC=N1. The fourth-order valence-corrected chi connectivity index (χ4v) is 4.52. The number of benzene rings is 1. The summed E-state index contributed by atoms with van der Waals surface area (Å²) in [5.41, 5.74) is 8.09. The first-order valence-corrected chi connectivity index (χ1v) is 12.1. The zero-order valence-electron chi connectivity index (χ0n) is 19.6. The number of carbonyl (C=O) groups is 1. The smallest absolute Gasteiger partial charge is 0.253 e. The molecule has 0 atom stereocenters. The minimum Gasteiger partial charge on any atom is -0.402 e. The van der Waals surface area contributed by atoms with Gasteiger partial charge in [-0.15, -0.1) is 0 Å². The predicted molar refractivity (Wildman–Crippen MR) is 143 cm³/mol. The average molecular weight is 481 g/mol. The Morgan fingerprint density at radius 2 is 2.03 bits per heavy atom. The van der Waals surface area contributed by atoms with Crippen LogP contribution in [-0.2, 0) is 0 Å². The molecule has 1 fully saturated rings. The van der Waals surface area contributed by atoms with Crippen LogP contribution in [0.4, 0.5) is 5.69 Å². The first kappa shape index (κ1) is 25.5. The lowest BCUT2D eigenvalue weighted by Gasteiger charge is -2.38. The second kappa shape index (κ2) is 12.3. The normalized spacial score (nSPS) is 19.7. The molecule has 4 N–H and O–H groups in total. The van der Waals surface area contributed by atoms with E-state index in [1.54, 1.807) is 36.7 Å². The van der Waals surface area contributed by atoms with Gasteiger partial charge in [0.2, 0.25) is 0 Å². The monoisotopic (exact) mass is 480 g/mol. The van der Waals surface area contributed by atoms with E-state index in [1.807, 2.05) is 43.3 Å². The number of nitrogens with two attached hydrogens (primary N) is 1. The molecule has 34 heavy (non-hydrogen) atoms. The van der Waals surface area contributed by atoms with Gasteiger partial charge in [-0.25, -0.2) is 0 Å². The van der Waals surface area contributed by atoms with Crippen molar-refractivity contribution < 1.29 is 9.90 Å². The molecule has 0 radical (unpaired) electrons. The molecule has 0 spiro atoms. The lowest BCUT2D eigenvalue weighted by atomic mass is 9.86. The summed E-state index contributed by atoms with van der Waals surface area (Å²) in [5.74, 6) is -0.0333. The van der Waals surface area contributed by atoms with Crippen LogP contribution in [0.1, 0.15) is 36.5 Å². The number of anilines is 1. The van der Waals surface area contributed by atoms with Crippen molar-refractivity contribution in [2.75, 3.05) is 31.4 Å². The molecule has 8 nitrogen and oxygen atoms in total. The lowest BCUT2D eigenvalue weighted by Crippen LogP contribution is -2.47. The van der Waals surface area contributed by atoms with E-state index in [9.17, 15) is 9.90 Å². The van der Waals surface area contributed by atoms with Gasteiger partial charge >= 0.3 is 0 Å². The number of hydrogen-bond donors (Lipinski definition) is 3. The van der Waals surface area contributed by atoms with Crippen molar-refractivity contribution in [2.45, 2.75) is 31.8 Å². The van der Waals surface area contributed by atoms with E-state index in [-0.39, 0.29) is 5.91 Å². The van der Waals surface area contributed by atoms with E-state index < -0.39 is 5.60 Å². The number of aliphatic imine (C=N–C) groups is 3. The molecule has 1 aromatic rings. The third-order valence-electron chi connectivity index (χ3n) is 5.61. The molecule has 0 unspecified atom stereocenters. The first-order chi connectivity index (χ1) is 16.4. The maximum atomic E-state index is 13.0. The highest BCUT2D eigenvalue weighted by molar-refractivity contribution is 8.04. The van der Waals surface area contributed by atoms with Crippen molar-refractivity contribution in [1.29, 1.82) is 0 Å². The van der Waals surface area contributed by atoms with Gasteiger partial charge in [-0.1, -0.05) is 6.08 Å². The van der Waals surface area contributed by atoms with Gasteiger partial charge in [0.25, 0.3) is 5.91 Å². The Hall–Kier alpha value is -3.17. The van der Waals surface area contributed by atoms with Gasteiger partial charge in [0.05, 0.1) is 22.7 Å². The molecule has 1 amide bonds. The molecule has 3 rings (SSSR count). The van der Waals surface area contributed by atoms with Crippen molar-refractivity contribution in [2.24, 2.45) is 20.7 Å². The van der Waals surface area contributed by atoms with Crippen LogP contribution in [0.5, 0.6) is 0 Å². The molecule has 1 saturated heterocycles. The minimum atomic E-state index is -0.892. The van der Waals surface area contributed by atoms with E-state index >= 15 is 0 Å². The maximum Gasteiger partial charge on any atom is 0.253 e. The second-order valence-electron chi connectivity index (χ2n) is 8.20. The fraction of sp³-hybridized carbons (Fsp3) is 0.360.